The second-order valence-corrected chi connectivity index (χ2v) is 6.68. The number of benzene rings is 2. The van der Waals surface area contributed by atoms with Gasteiger partial charge < -0.3 is 26.0 Å². The van der Waals surface area contributed by atoms with Gasteiger partial charge in [0.05, 0.1) is 0 Å². The van der Waals surface area contributed by atoms with Crippen molar-refractivity contribution in [1.82, 2.24) is 10.6 Å². The first-order valence-electron chi connectivity index (χ1n) is 8.99. The van der Waals surface area contributed by atoms with E-state index < -0.39 is 0 Å². The van der Waals surface area contributed by atoms with E-state index in [0.717, 1.165) is 11.4 Å². The third-order valence-corrected chi connectivity index (χ3v) is 4.02. The minimum absolute atomic E-state index is 0.145. The third-order valence-electron chi connectivity index (χ3n) is 3.61. The molecule has 0 aliphatic rings. The number of hydrogen-bond acceptors (Lipinski definition) is 5. The highest BCUT2D eigenvalue weighted by atomic mass is 32.1. The van der Waals surface area contributed by atoms with Gasteiger partial charge in [0.15, 0.2) is 10.2 Å². The van der Waals surface area contributed by atoms with Crippen LogP contribution in [0.3, 0.4) is 0 Å². The van der Waals surface area contributed by atoms with Crippen LogP contribution in [0.2, 0.25) is 0 Å². The molecule has 0 spiro atoms. The zero-order chi connectivity index (χ0) is 21.2. The number of anilines is 2. The van der Waals surface area contributed by atoms with Crippen LogP contribution in [0.15, 0.2) is 48.5 Å². The maximum Gasteiger partial charge on any atom is 0.225 e. The number of rotatable bonds is 6. The van der Waals surface area contributed by atoms with E-state index in [1.54, 1.807) is 62.4 Å². The Morgan fingerprint density at radius 1 is 0.724 bits per heavy atom. The van der Waals surface area contributed by atoms with Gasteiger partial charge >= 0.3 is 0 Å². The van der Waals surface area contributed by atoms with E-state index in [1.807, 2.05) is 0 Å². The Hall–Kier alpha value is -3.04. The van der Waals surface area contributed by atoms with Crippen molar-refractivity contribution in [3.63, 3.8) is 0 Å². The molecule has 2 rings (SSSR count). The van der Waals surface area contributed by atoms with Gasteiger partial charge in [-0.3, -0.25) is 9.59 Å². The molecular weight excluding hydrogens is 408 g/mol. The lowest BCUT2D eigenvalue weighted by Gasteiger charge is -2.11. The van der Waals surface area contributed by atoms with Gasteiger partial charge in [0.2, 0.25) is 11.8 Å². The molecule has 4 N–H and O–H groups in total. The molecule has 0 unspecified atom stereocenters. The first-order valence-corrected chi connectivity index (χ1v) is 9.81. The average molecular weight is 431 g/mol. The number of carbonyl (C=O) groups excluding carboxylic acids is 2. The molecule has 0 bridgehead atoms. The fraction of sp³-hybridized carbons (Fsp3) is 0.200. The maximum atomic E-state index is 11.3. The smallest absolute Gasteiger partial charge is 0.225 e. The molecule has 0 aliphatic carbocycles. The topological polar surface area (TPSA) is 91.5 Å². The molecule has 0 heterocycles. The van der Waals surface area contributed by atoms with Gasteiger partial charge in [0.25, 0.3) is 0 Å². The zero-order valence-corrected chi connectivity index (χ0v) is 17.7. The molecule has 0 aliphatic heterocycles. The Kier molecular flexibility index (Phi) is 8.50. The summed E-state index contributed by atoms with van der Waals surface area (Å²) >= 11 is 10.2. The monoisotopic (exact) mass is 430 g/mol. The summed E-state index contributed by atoms with van der Waals surface area (Å²) < 4.78 is 5.80. The molecule has 0 atom stereocenters. The lowest BCUT2D eigenvalue weighted by molar-refractivity contribution is -0.120. The van der Waals surface area contributed by atoms with Crippen LogP contribution in [0.4, 0.5) is 11.4 Å². The van der Waals surface area contributed by atoms with Gasteiger partial charge in [0.1, 0.15) is 11.5 Å². The molecule has 7 nitrogen and oxygen atoms in total. The van der Waals surface area contributed by atoms with E-state index in [4.69, 9.17) is 29.2 Å². The second kappa shape index (κ2) is 11.1. The molecule has 0 fully saturated rings. The molecule has 0 saturated carbocycles. The Morgan fingerprint density at radius 3 is 1.38 bits per heavy atom. The normalized spacial score (nSPS) is 9.86. The van der Waals surface area contributed by atoms with E-state index >= 15 is 0 Å². The molecule has 152 valence electrons. The SMILES string of the molecule is CCC(=O)NC(=S)Nc1ccc(Oc2ccc(NC(=S)NC(=O)CC)cc2)cc1. The fourth-order valence-corrected chi connectivity index (χ4v) is 2.57. The first-order chi connectivity index (χ1) is 13.9. The summed E-state index contributed by atoms with van der Waals surface area (Å²) in [5.74, 6) is 0.999. The van der Waals surface area contributed by atoms with Crippen LogP contribution >= 0.6 is 24.4 Å². The molecule has 9 heteroatoms. The van der Waals surface area contributed by atoms with Crippen molar-refractivity contribution in [2.24, 2.45) is 0 Å². The minimum atomic E-state index is -0.145. The van der Waals surface area contributed by atoms with Gasteiger partial charge in [-0.1, -0.05) is 13.8 Å². The van der Waals surface area contributed by atoms with E-state index in [2.05, 4.69) is 21.3 Å². The van der Waals surface area contributed by atoms with Crippen molar-refractivity contribution in [3.05, 3.63) is 48.5 Å². The Bertz CT molecular complexity index is 810. The van der Waals surface area contributed by atoms with Crippen molar-refractivity contribution < 1.29 is 14.3 Å². The van der Waals surface area contributed by atoms with Crippen molar-refractivity contribution >= 4 is 57.8 Å². The van der Waals surface area contributed by atoms with Crippen molar-refractivity contribution in [3.8, 4) is 11.5 Å². The summed E-state index contributed by atoms with van der Waals surface area (Å²) in [4.78, 5) is 22.6. The van der Waals surface area contributed by atoms with Crippen LogP contribution in [-0.2, 0) is 9.59 Å². The van der Waals surface area contributed by atoms with Gasteiger partial charge in [-0.05, 0) is 73.0 Å². The largest absolute Gasteiger partial charge is 0.457 e. The highest BCUT2D eigenvalue weighted by molar-refractivity contribution is 7.80. The number of amides is 2. The van der Waals surface area contributed by atoms with E-state index in [-0.39, 0.29) is 22.0 Å². The second-order valence-electron chi connectivity index (χ2n) is 5.86. The maximum absolute atomic E-state index is 11.3. The van der Waals surface area contributed by atoms with Crippen LogP contribution < -0.4 is 26.0 Å². The standard InChI is InChI=1S/C20H22N4O3S2/c1-3-17(25)23-19(28)21-13-5-9-15(10-6-13)27-16-11-7-14(8-12-16)22-20(29)24-18(26)4-2/h5-12H,3-4H2,1-2H3,(H2,21,23,25,28)(H2,22,24,26,29). The third kappa shape index (κ3) is 7.84. The Labute approximate surface area is 180 Å². The number of nitrogens with one attached hydrogen (secondary N) is 4. The summed E-state index contributed by atoms with van der Waals surface area (Å²) in [5.41, 5.74) is 1.47. The minimum Gasteiger partial charge on any atom is -0.457 e. The number of hydrogen-bond donors (Lipinski definition) is 4. The highest BCUT2D eigenvalue weighted by Crippen LogP contribution is 2.24. The molecule has 0 aromatic heterocycles. The molecule has 0 saturated heterocycles. The average Bonchev–Trinajstić information content (AvgIpc) is 2.70. The highest BCUT2D eigenvalue weighted by Gasteiger charge is 2.05. The summed E-state index contributed by atoms with van der Waals surface area (Å²) in [6, 6.07) is 14.3. The number of carbonyl (C=O) groups is 2. The van der Waals surface area contributed by atoms with Crippen LogP contribution in [0.5, 0.6) is 11.5 Å². The van der Waals surface area contributed by atoms with E-state index in [0.29, 0.717) is 24.3 Å². The lowest BCUT2D eigenvalue weighted by atomic mass is 10.3. The predicted octanol–water partition coefficient (Wildman–Crippen LogP) is 3.92. The zero-order valence-electron chi connectivity index (χ0n) is 16.1. The van der Waals surface area contributed by atoms with Crippen LogP contribution in [0.1, 0.15) is 26.7 Å². The summed E-state index contributed by atoms with van der Waals surface area (Å²) in [7, 11) is 0. The predicted molar refractivity (Wildman–Crippen MR) is 122 cm³/mol. The molecule has 0 radical (unpaired) electrons. The van der Waals surface area contributed by atoms with E-state index in [9.17, 15) is 9.59 Å². The van der Waals surface area contributed by atoms with Crippen LogP contribution in [0.25, 0.3) is 0 Å². The molecule has 2 aromatic carbocycles. The summed E-state index contributed by atoms with van der Waals surface area (Å²) in [5, 5.41) is 11.5. The van der Waals surface area contributed by atoms with Gasteiger partial charge in [-0.15, -0.1) is 0 Å². The van der Waals surface area contributed by atoms with Crippen LogP contribution in [-0.4, -0.2) is 22.0 Å². The van der Waals surface area contributed by atoms with Gasteiger partial charge in [0, 0.05) is 24.2 Å². The molecule has 2 aromatic rings. The molecule has 29 heavy (non-hydrogen) atoms. The number of thiocarbonyl (C=S) groups is 2. The van der Waals surface area contributed by atoms with Crippen LogP contribution in [0, 0.1) is 0 Å². The summed E-state index contributed by atoms with van der Waals surface area (Å²) in [6.07, 6.45) is 0.726. The molecular formula is C20H22N4O3S2. The van der Waals surface area contributed by atoms with Crippen molar-refractivity contribution in [1.29, 1.82) is 0 Å². The first kappa shape index (κ1) is 22.3. The fourth-order valence-electron chi connectivity index (χ4n) is 2.10. The Morgan fingerprint density at radius 2 is 1.07 bits per heavy atom. The van der Waals surface area contributed by atoms with Gasteiger partial charge in [-0.25, -0.2) is 0 Å². The number of ether oxygens (including phenoxy) is 1. The Balaban J connectivity index is 1.88. The van der Waals surface area contributed by atoms with E-state index in [1.165, 1.54) is 0 Å². The lowest BCUT2D eigenvalue weighted by Crippen LogP contribution is -2.33. The van der Waals surface area contributed by atoms with Crippen molar-refractivity contribution in [2.75, 3.05) is 10.6 Å². The molecule has 2 amide bonds. The summed E-state index contributed by atoms with van der Waals surface area (Å²) in [6.45, 7) is 3.51. The van der Waals surface area contributed by atoms with Gasteiger partial charge in [-0.2, -0.15) is 0 Å². The van der Waals surface area contributed by atoms with Crippen molar-refractivity contribution in [2.45, 2.75) is 26.7 Å². The quantitative estimate of drug-likeness (QED) is 0.516.